The Morgan fingerprint density at radius 2 is 0.935 bits per heavy atom. The first kappa shape index (κ1) is 36.3. The maximum atomic E-state index is 12.2. The molecule has 0 aliphatic rings. The van der Waals surface area contributed by atoms with E-state index in [0.717, 1.165) is 46.2 Å². The Kier molecular flexibility index (Phi) is 11.8. The van der Waals surface area contributed by atoms with Crippen molar-refractivity contribution in [3.05, 3.63) is 71.8 Å². The average Bonchev–Trinajstić information content (AvgIpc) is 2.91. The van der Waals surface area contributed by atoms with E-state index in [1.54, 1.807) is 24.3 Å². The first-order valence-electron chi connectivity index (χ1n) is 14.5. The molecular weight excluding hydrogens is 629 g/mol. The van der Waals surface area contributed by atoms with Crippen LogP contribution in [-0.2, 0) is 20.2 Å². The van der Waals surface area contributed by atoms with Crippen LogP contribution >= 0.6 is 0 Å². The summed E-state index contributed by atoms with van der Waals surface area (Å²) in [7, 11) is -0.0725. The van der Waals surface area contributed by atoms with Crippen LogP contribution in [0.3, 0.4) is 0 Å². The number of hydrogen-bond acceptors (Lipinski definition) is 10. The summed E-state index contributed by atoms with van der Waals surface area (Å²) in [6.45, 7) is 8.30. The van der Waals surface area contributed by atoms with Crippen molar-refractivity contribution >= 4 is 31.6 Å². The standard InChI is InChI=1S/C34H44N2O8S2/c1-23(2)15-17-41-31-13-11-25(19-33(31)43-45(9,37)38)27-21-30(36(7)8)28(22-29(27)35(5)6)26-12-14-32(42-18-16-24(3)4)34(20-26)44-46(10,39)40/h11-16,19-22H,17-18H2,1-10H3. The predicted octanol–water partition coefficient (Wildman–Crippen LogP) is 6.52. The Bertz CT molecular complexity index is 1700. The van der Waals surface area contributed by atoms with E-state index in [2.05, 4.69) is 0 Å². The molecule has 0 amide bonds. The molecule has 3 aromatic rings. The van der Waals surface area contributed by atoms with Gasteiger partial charge in [-0.3, -0.25) is 0 Å². The topological polar surface area (TPSA) is 112 Å². The second-order valence-corrected chi connectivity index (χ2v) is 14.9. The third-order valence-electron chi connectivity index (χ3n) is 6.53. The molecule has 0 aromatic heterocycles. The zero-order chi connectivity index (χ0) is 34.4. The maximum absolute atomic E-state index is 12.2. The van der Waals surface area contributed by atoms with Gasteiger partial charge in [0.2, 0.25) is 0 Å². The van der Waals surface area contributed by atoms with Gasteiger partial charge < -0.3 is 27.6 Å². The molecule has 3 aromatic carbocycles. The largest absolute Gasteiger partial charge is 0.486 e. The minimum Gasteiger partial charge on any atom is -0.486 e. The van der Waals surface area contributed by atoms with Crippen LogP contribution in [0.15, 0.2) is 71.8 Å². The van der Waals surface area contributed by atoms with Gasteiger partial charge in [-0.15, -0.1) is 0 Å². The number of rotatable bonds is 14. The number of ether oxygens (including phenoxy) is 2. The molecule has 10 nitrogen and oxygen atoms in total. The van der Waals surface area contributed by atoms with Crippen LogP contribution < -0.4 is 27.6 Å². The minimum absolute atomic E-state index is 0.0774. The fourth-order valence-corrected chi connectivity index (χ4v) is 5.33. The molecule has 250 valence electrons. The third kappa shape index (κ3) is 10.4. The van der Waals surface area contributed by atoms with E-state index in [1.807, 2.05) is 102 Å². The van der Waals surface area contributed by atoms with Crippen LogP contribution in [0.2, 0.25) is 0 Å². The maximum Gasteiger partial charge on any atom is 0.306 e. The lowest BCUT2D eigenvalue weighted by Crippen LogP contribution is -2.14. The Balaban J connectivity index is 2.22. The molecule has 0 aliphatic heterocycles. The van der Waals surface area contributed by atoms with E-state index in [1.165, 1.54) is 0 Å². The first-order valence-corrected chi connectivity index (χ1v) is 18.1. The van der Waals surface area contributed by atoms with Crippen molar-refractivity contribution in [1.29, 1.82) is 0 Å². The highest BCUT2D eigenvalue weighted by molar-refractivity contribution is 7.86. The monoisotopic (exact) mass is 672 g/mol. The summed E-state index contributed by atoms with van der Waals surface area (Å²) in [6, 6.07) is 14.4. The number of nitrogens with zero attached hydrogens (tertiary/aromatic N) is 2. The molecule has 0 N–H and O–H groups in total. The number of hydrogen-bond donors (Lipinski definition) is 0. The first-order chi connectivity index (χ1) is 21.3. The lowest BCUT2D eigenvalue weighted by Gasteiger charge is -2.25. The van der Waals surface area contributed by atoms with Crippen molar-refractivity contribution in [2.24, 2.45) is 0 Å². The summed E-state index contributed by atoms with van der Waals surface area (Å²) in [5.74, 6) is 0.753. The highest BCUT2D eigenvalue weighted by atomic mass is 32.2. The Morgan fingerprint density at radius 3 is 1.22 bits per heavy atom. The van der Waals surface area contributed by atoms with E-state index >= 15 is 0 Å². The molecule has 46 heavy (non-hydrogen) atoms. The Labute approximate surface area is 274 Å². The summed E-state index contributed by atoms with van der Waals surface area (Å²) < 4.78 is 71.0. The average molecular weight is 673 g/mol. The molecule has 3 rings (SSSR count). The van der Waals surface area contributed by atoms with Crippen LogP contribution in [0.4, 0.5) is 11.4 Å². The fraction of sp³-hybridized carbons (Fsp3) is 0.353. The Morgan fingerprint density at radius 1 is 0.587 bits per heavy atom. The molecule has 0 aliphatic carbocycles. The van der Waals surface area contributed by atoms with Gasteiger partial charge >= 0.3 is 20.2 Å². The zero-order valence-corrected chi connectivity index (χ0v) is 29.8. The SMILES string of the molecule is CC(C)=CCOc1ccc(-c2cc(N(C)C)c(-c3ccc(OCC=C(C)C)c(OS(C)(=O)=O)c3)cc2N(C)C)cc1OS(C)(=O)=O. The van der Waals surface area contributed by atoms with Crippen LogP contribution in [0.1, 0.15) is 27.7 Å². The summed E-state index contributed by atoms with van der Waals surface area (Å²) in [5, 5.41) is 0. The van der Waals surface area contributed by atoms with Crippen molar-refractivity contribution in [3.63, 3.8) is 0 Å². The summed E-state index contributed by atoms with van der Waals surface area (Å²) in [4.78, 5) is 3.89. The van der Waals surface area contributed by atoms with E-state index in [0.29, 0.717) is 22.6 Å². The molecule has 0 atom stereocenters. The number of allylic oxidation sites excluding steroid dienone is 2. The summed E-state index contributed by atoms with van der Waals surface area (Å²) in [5.41, 5.74) is 6.79. The van der Waals surface area contributed by atoms with Gasteiger partial charge in [0.25, 0.3) is 0 Å². The van der Waals surface area contributed by atoms with Crippen molar-refractivity contribution in [3.8, 4) is 45.3 Å². The van der Waals surface area contributed by atoms with Gasteiger partial charge in [-0.25, -0.2) is 0 Å². The summed E-state index contributed by atoms with van der Waals surface area (Å²) >= 11 is 0. The van der Waals surface area contributed by atoms with E-state index in [-0.39, 0.29) is 24.7 Å². The van der Waals surface area contributed by atoms with Gasteiger partial charge in [0, 0.05) is 50.7 Å². The van der Waals surface area contributed by atoms with Gasteiger partial charge in [-0.1, -0.05) is 23.3 Å². The number of benzene rings is 3. The van der Waals surface area contributed by atoms with Gasteiger partial charge in [-0.05, 0) is 87.4 Å². The van der Waals surface area contributed by atoms with Crippen LogP contribution in [0, 0.1) is 0 Å². The van der Waals surface area contributed by atoms with Crippen molar-refractivity contribution < 1.29 is 34.7 Å². The molecular formula is C34H44N2O8S2. The molecule has 0 radical (unpaired) electrons. The van der Waals surface area contributed by atoms with Gasteiger partial charge in [0.15, 0.2) is 23.0 Å². The van der Waals surface area contributed by atoms with Gasteiger partial charge in [-0.2, -0.15) is 16.8 Å². The van der Waals surface area contributed by atoms with Crippen molar-refractivity contribution in [2.75, 3.05) is 63.7 Å². The molecule has 0 unspecified atom stereocenters. The summed E-state index contributed by atoms with van der Waals surface area (Å²) in [6.07, 6.45) is 5.75. The molecule has 0 fully saturated rings. The molecule has 12 heteroatoms. The van der Waals surface area contributed by atoms with Crippen LogP contribution in [0.25, 0.3) is 22.3 Å². The lowest BCUT2D eigenvalue weighted by molar-refractivity contribution is 0.347. The highest BCUT2D eigenvalue weighted by Gasteiger charge is 2.21. The normalized spacial score (nSPS) is 11.3. The quantitative estimate of drug-likeness (QED) is 0.139. The molecule has 0 bridgehead atoms. The number of anilines is 2. The second-order valence-electron chi connectivity index (χ2n) is 11.8. The van der Waals surface area contributed by atoms with Crippen LogP contribution in [-0.4, -0.2) is 70.8 Å². The molecule has 0 heterocycles. The van der Waals surface area contributed by atoms with Crippen molar-refractivity contribution in [2.45, 2.75) is 27.7 Å². The molecule has 0 saturated carbocycles. The van der Waals surface area contributed by atoms with Gasteiger partial charge in [0.05, 0.1) is 12.5 Å². The fourth-order valence-electron chi connectivity index (χ4n) is 4.42. The van der Waals surface area contributed by atoms with E-state index in [4.69, 9.17) is 17.8 Å². The second kappa shape index (κ2) is 15.0. The van der Waals surface area contributed by atoms with E-state index in [9.17, 15) is 16.8 Å². The highest BCUT2D eigenvalue weighted by Crippen LogP contribution is 2.44. The minimum atomic E-state index is -3.84. The lowest BCUT2D eigenvalue weighted by atomic mass is 9.95. The molecule has 0 saturated heterocycles. The smallest absolute Gasteiger partial charge is 0.306 e. The van der Waals surface area contributed by atoms with Gasteiger partial charge in [0.1, 0.15) is 13.2 Å². The zero-order valence-electron chi connectivity index (χ0n) is 28.2. The molecule has 0 spiro atoms. The van der Waals surface area contributed by atoms with Crippen LogP contribution in [0.5, 0.6) is 23.0 Å². The Hall–Kier alpha value is -4.16. The predicted molar refractivity (Wildman–Crippen MR) is 187 cm³/mol. The van der Waals surface area contributed by atoms with Crippen molar-refractivity contribution in [1.82, 2.24) is 0 Å². The third-order valence-corrected chi connectivity index (χ3v) is 7.49. The van der Waals surface area contributed by atoms with E-state index < -0.39 is 20.2 Å².